The van der Waals surface area contributed by atoms with Crippen LogP contribution < -0.4 is 11.1 Å². The fourth-order valence-electron chi connectivity index (χ4n) is 1.25. The summed E-state index contributed by atoms with van der Waals surface area (Å²) in [7, 11) is 4.16. The summed E-state index contributed by atoms with van der Waals surface area (Å²) >= 11 is 0. The lowest BCUT2D eigenvalue weighted by Crippen LogP contribution is -2.14. The van der Waals surface area contributed by atoms with Gasteiger partial charge in [0.05, 0.1) is 11.9 Å². The van der Waals surface area contributed by atoms with Crippen molar-refractivity contribution in [3.05, 3.63) is 12.5 Å². The van der Waals surface area contributed by atoms with E-state index in [0.717, 1.165) is 25.3 Å². The maximum absolute atomic E-state index is 5.69. The molecule has 3 N–H and O–H groups in total. The van der Waals surface area contributed by atoms with Gasteiger partial charge < -0.3 is 16.0 Å². The lowest BCUT2D eigenvalue weighted by molar-refractivity contribution is 0.396. The molecule has 1 aromatic rings. The molecule has 0 spiro atoms. The number of nitrogens with zero attached hydrogens (tertiary/aromatic N) is 3. The van der Waals surface area contributed by atoms with Gasteiger partial charge in [0.2, 0.25) is 0 Å². The van der Waals surface area contributed by atoms with E-state index >= 15 is 0 Å². The zero-order chi connectivity index (χ0) is 11.1. The Bertz CT molecular complexity index is 287. The average Bonchev–Trinajstić information content (AvgIpc) is 2.20. The van der Waals surface area contributed by atoms with Gasteiger partial charge in [0.15, 0.2) is 5.82 Å². The second-order valence-corrected chi connectivity index (χ2v) is 3.76. The van der Waals surface area contributed by atoms with E-state index in [4.69, 9.17) is 5.73 Å². The van der Waals surface area contributed by atoms with Gasteiger partial charge in [-0.15, -0.1) is 0 Å². The minimum absolute atomic E-state index is 0.602. The van der Waals surface area contributed by atoms with Crippen molar-refractivity contribution in [2.24, 2.45) is 0 Å². The third-order valence-electron chi connectivity index (χ3n) is 2.07. The molecule has 1 heterocycles. The summed E-state index contributed by atoms with van der Waals surface area (Å²) in [5.41, 5.74) is 6.29. The van der Waals surface area contributed by atoms with Gasteiger partial charge in [-0.1, -0.05) is 0 Å². The SMILES string of the molecule is CN(C)CCCCNc1ncncc1N. The van der Waals surface area contributed by atoms with Crippen molar-refractivity contribution >= 4 is 11.5 Å². The van der Waals surface area contributed by atoms with Gasteiger partial charge >= 0.3 is 0 Å². The maximum atomic E-state index is 5.69. The standard InChI is InChI=1S/C10H19N5/c1-15(2)6-4-3-5-13-10-9(11)7-12-8-14-10/h7-8H,3-6,11H2,1-2H3,(H,12,13,14). The molecule has 0 atom stereocenters. The van der Waals surface area contributed by atoms with Crippen molar-refractivity contribution in [3.63, 3.8) is 0 Å². The molecule has 15 heavy (non-hydrogen) atoms. The van der Waals surface area contributed by atoms with E-state index in [1.54, 1.807) is 6.20 Å². The molecule has 0 bridgehead atoms. The highest BCUT2D eigenvalue weighted by Crippen LogP contribution is 2.10. The summed E-state index contributed by atoms with van der Waals surface area (Å²) < 4.78 is 0. The molecule has 0 amide bonds. The van der Waals surface area contributed by atoms with Crippen LogP contribution in [0.2, 0.25) is 0 Å². The lowest BCUT2D eigenvalue weighted by atomic mass is 10.3. The number of hydrogen-bond donors (Lipinski definition) is 2. The Morgan fingerprint density at radius 3 is 2.87 bits per heavy atom. The van der Waals surface area contributed by atoms with Gasteiger partial charge in [0.1, 0.15) is 6.33 Å². The minimum atomic E-state index is 0.602. The highest BCUT2D eigenvalue weighted by Gasteiger charge is 1.98. The highest BCUT2D eigenvalue weighted by molar-refractivity contribution is 5.58. The first kappa shape index (κ1) is 11.7. The van der Waals surface area contributed by atoms with Gasteiger partial charge in [0, 0.05) is 6.54 Å². The van der Waals surface area contributed by atoms with Crippen LogP contribution >= 0.6 is 0 Å². The zero-order valence-electron chi connectivity index (χ0n) is 9.40. The summed E-state index contributed by atoms with van der Waals surface area (Å²) in [4.78, 5) is 10.1. The molecule has 1 aromatic heterocycles. The summed E-state index contributed by atoms with van der Waals surface area (Å²) in [5, 5.41) is 3.19. The van der Waals surface area contributed by atoms with Crippen molar-refractivity contribution in [1.82, 2.24) is 14.9 Å². The Hall–Kier alpha value is -1.36. The number of aromatic nitrogens is 2. The topological polar surface area (TPSA) is 67.1 Å². The van der Waals surface area contributed by atoms with Crippen LogP contribution in [0.5, 0.6) is 0 Å². The molecule has 0 aliphatic carbocycles. The van der Waals surface area contributed by atoms with Crippen LogP contribution in [0.25, 0.3) is 0 Å². The third-order valence-corrected chi connectivity index (χ3v) is 2.07. The quantitative estimate of drug-likeness (QED) is 0.679. The number of nitrogens with one attached hydrogen (secondary N) is 1. The average molecular weight is 209 g/mol. The number of hydrogen-bond acceptors (Lipinski definition) is 5. The molecular formula is C10H19N5. The molecule has 5 nitrogen and oxygen atoms in total. The molecule has 0 saturated carbocycles. The second-order valence-electron chi connectivity index (χ2n) is 3.76. The van der Waals surface area contributed by atoms with Gasteiger partial charge in [-0.2, -0.15) is 0 Å². The number of unbranched alkanes of at least 4 members (excludes halogenated alkanes) is 1. The normalized spacial score (nSPS) is 10.6. The lowest BCUT2D eigenvalue weighted by Gasteiger charge is -2.10. The van der Waals surface area contributed by atoms with Crippen molar-refractivity contribution in [1.29, 1.82) is 0 Å². The van der Waals surface area contributed by atoms with Crippen molar-refractivity contribution in [2.75, 3.05) is 38.2 Å². The summed E-state index contributed by atoms with van der Waals surface area (Å²) in [6.07, 6.45) is 5.39. The Morgan fingerprint density at radius 2 is 2.20 bits per heavy atom. The fourth-order valence-corrected chi connectivity index (χ4v) is 1.25. The fraction of sp³-hybridized carbons (Fsp3) is 0.600. The Balaban J connectivity index is 2.18. The maximum Gasteiger partial charge on any atom is 0.152 e. The molecule has 0 radical (unpaired) electrons. The van der Waals surface area contributed by atoms with E-state index in [-0.39, 0.29) is 0 Å². The molecule has 0 fully saturated rings. The monoisotopic (exact) mass is 209 g/mol. The van der Waals surface area contributed by atoms with Gasteiger partial charge in [-0.05, 0) is 33.5 Å². The number of anilines is 2. The van der Waals surface area contributed by atoms with E-state index in [1.165, 1.54) is 12.7 Å². The highest BCUT2D eigenvalue weighted by atomic mass is 15.1. The van der Waals surface area contributed by atoms with Crippen LogP contribution in [0.3, 0.4) is 0 Å². The van der Waals surface area contributed by atoms with E-state index < -0.39 is 0 Å². The van der Waals surface area contributed by atoms with Gasteiger partial charge in [-0.3, -0.25) is 0 Å². The van der Waals surface area contributed by atoms with Crippen LogP contribution in [0.1, 0.15) is 12.8 Å². The zero-order valence-corrected chi connectivity index (χ0v) is 9.40. The van der Waals surface area contributed by atoms with Crippen LogP contribution in [-0.4, -0.2) is 42.1 Å². The minimum Gasteiger partial charge on any atom is -0.394 e. The Morgan fingerprint density at radius 1 is 1.40 bits per heavy atom. The van der Waals surface area contributed by atoms with Crippen LogP contribution in [-0.2, 0) is 0 Å². The molecule has 0 aliphatic rings. The molecule has 0 aromatic carbocycles. The molecular weight excluding hydrogens is 190 g/mol. The largest absolute Gasteiger partial charge is 0.394 e. The predicted molar refractivity (Wildman–Crippen MR) is 62.7 cm³/mol. The molecule has 0 saturated heterocycles. The molecule has 0 aliphatic heterocycles. The van der Waals surface area contributed by atoms with Gasteiger partial charge in [0.25, 0.3) is 0 Å². The number of nitrogens with two attached hydrogens (primary N) is 1. The second kappa shape index (κ2) is 6.19. The van der Waals surface area contributed by atoms with E-state index in [9.17, 15) is 0 Å². The predicted octanol–water partition coefficient (Wildman–Crippen LogP) is 0.812. The number of nitrogen functional groups attached to an aromatic ring is 1. The molecule has 84 valence electrons. The summed E-state index contributed by atoms with van der Waals surface area (Å²) in [6.45, 7) is 2.01. The third kappa shape index (κ3) is 4.60. The molecule has 5 heteroatoms. The first-order chi connectivity index (χ1) is 7.20. The van der Waals surface area contributed by atoms with E-state index in [1.807, 2.05) is 0 Å². The van der Waals surface area contributed by atoms with Crippen molar-refractivity contribution in [3.8, 4) is 0 Å². The number of rotatable bonds is 6. The van der Waals surface area contributed by atoms with E-state index in [2.05, 4.69) is 34.3 Å². The summed E-state index contributed by atoms with van der Waals surface area (Å²) in [6, 6.07) is 0. The smallest absolute Gasteiger partial charge is 0.152 e. The Labute approximate surface area is 90.7 Å². The summed E-state index contributed by atoms with van der Waals surface area (Å²) in [5.74, 6) is 0.731. The molecule has 0 unspecified atom stereocenters. The Kier molecular flexibility index (Phi) is 4.83. The van der Waals surface area contributed by atoms with Crippen LogP contribution in [0, 0.1) is 0 Å². The molecule has 1 rings (SSSR count). The van der Waals surface area contributed by atoms with Crippen LogP contribution in [0.15, 0.2) is 12.5 Å². The van der Waals surface area contributed by atoms with E-state index in [0.29, 0.717) is 5.69 Å². The first-order valence-electron chi connectivity index (χ1n) is 5.14. The van der Waals surface area contributed by atoms with Crippen molar-refractivity contribution < 1.29 is 0 Å². The first-order valence-corrected chi connectivity index (χ1v) is 5.14. The van der Waals surface area contributed by atoms with Crippen molar-refractivity contribution in [2.45, 2.75) is 12.8 Å². The van der Waals surface area contributed by atoms with Gasteiger partial charge in [-0.25, -0.2) is 9.97 Å². The van der Waals surface area contributed by atoms with Crippen LogP contribution in [0.4, 0.5) is 11.5 Å².